The van der Waals surface area contributed by atoms with Crippen LogP contribution in [-0.4, -0.2) is 38.0 Å². The maximum absolute atomic E-state index is 5.83. The van der Waals surface area contributed by atoms with Gasteiger partial charge < -0.3 is 14.4 Å². The molecule has 2 fully saturated rings. The fourth-order valence-corrected chi connectivity index (χ4v) is 4.56. The van der Waals surface area contributed by atoms with E-state index in [2.05, 4.69) is 36.5 Å². The fourth-order valence-electron chi connectivity index (χ4n) is 3.55. The number of thiophene rings is 1. The lowest BCUT2D eigenvalue weighted by molar-refractivity contribution is -0.185. The molecule has 0 amide bonds. The van der Waals surface area contributed by atoms with Crippen LogP contribution in [0.4, 0.5) is 0 Å². The van der Waals surface area contributed by atoms with Crippen LogP contribution >= 0.6 is 11.3 Å². The highest BCUT2D eigenvalue weighted by Crippen LogP contribution is 2.44. The van der Waals surface area contributed by atoms with Gasteiger partial charge in [-0.3, -0.25) is 0 Å². The molecular formula is C15H23NO2S. The molecule has 0 N–H and O–H groups in total. The summed E-state index contributed by atoms with van der Waals surface area (Å²) in [6.07, 6.45) is 4.49. The van der Waals surface area contributed by atoms with Crippen molar-refractivity contribution >= 4 is 11.3 Å². The zero-order valence-electron chi connectivity index (χ0n) is 11.8. The third-order valence-corrected chi connectivity index (χ3v) is 5.39. The van der Waals surface area contributed by atoms with Gasteiger partial charge in [0.2, 0.25) is 0 Å². The second-order valence-corrected chi connectivity index (χ2v) is 6.85. The zero-order valence-corrected chi connectivity index (χ0v) is 12.6. The lowest BCUT2D eigenvalue weighted by Crippen LogP contribution is -2.38. The molecular weight excluding hydrogens is 258 g/mol. The molecule has 1 unspecified atom stereocenters. The molecule has 106 valence electrons. The van der Waals surface area contributed by atoms with Crippen LogP contribution in [0.2, 0.25) is 0 Å². The van der Waals surface area contributed by atoms with Gasteiger partial charge in [0.05, 0.1) is 13.2 Å². The van der Waals surface area contributed by atoms with E-state index in [4.69, 9.17) is 9.47 Å². The van der Waals surface area contributed by atoms with Gasteiger partial charge in [0.1, 0.15) is 0 Å². The van der Waals surface area contributed by atoms with Crippen molar-refractivity contribution in [3.63, 3.8) is 0 Å². The summed E-state index contributed by atoms with van der Waals surface area (Å²) in [6.45, 7) is 1.54. The maximum atomic E-state index is 5.83. The standard InChI is InChI=1S/C15H23NO2S/c1-16(2)14(13-4-3-11-19-13)12-5-7-15(8-6-12)17-9-10-18-15/h3-4,11-12,14H,5-10H2,1-2H3. The summed E-state index contributed by atoms with van der Waals surface area (Å²) < 4.78 is 11.7. The molecule has 2 heterocycles. The third kappa shape index (κ3) is 2.72. The summed E-state index contributed by atoms with van der Waals surface area (Å²) in [7, 11) is 4.38. The highest BCUT2D eigenvalue weighted by molar-refractivity contribution is 7.10. The summed E-state index contributed by atoms with van der Waals surface area (Å²) in [4.78, 5) is 3.85. The van der Waals surface area contributed by atoms with Gasteiger partial charge in [-0.05, 0) is 44.3 Å². The van der Waals surface area contributed by atoms with Crippen molar-refractivity contribution < 1.29 is 9.47 Å². The van der Waals surface area contributed by atoms with E-state index in [0.29, 0.717) is 12.0 Å². The van der Waals surface area contributed by atoms with Crippen LogP contribution in [0.15, 0.2) is 17.5 Å². The smallest absolute Gasteiger partial charge is 0.168 e. The predicted molar refractivity (Wildman–Crippen MR) is 77.3 cm³/mol. The minimum Gasteiger partial charge on any atom is -0.348 e. The second kappa shape index (κ2) is 5.52. The van der Waals surface area contributed by atoms with Gasteiger partial charge in [0.25, 0.3) is 0 Å². The number of hydrogen-bond donors (Lipinski definition) is 0. The second-order valence-electron chi connectivity index (χ2n) is 5.87. The SMILES string of the molecule is CN(C)C(c1cccs1)C1CCC2(CC1)OCCO2. The number of ether oxygens (including phenoxy) is 2. The minimum atomic E-state index is -0.233. The topological polar surface area (TPSA) is 21.7 Å². The van der Waals surface area contributed by atoms with E-state index in [1.807, 2.05) is 11.3 Å². The molecule has 1 aromatic heterocycles. The Hall–Kier alpha value is -0.420. The molecule has 4 heteroatoms. The summed E-state index contributed by atoms with van der Waals surface area (Å²) in [5, 5.41) is 2.18. The van der Waals surface area contributed by atoms with Gasteiger partial charge in [0.15, 0.2) is 5.79 Å². The molecule has 0 bridgehead atoms. The van der Waals surface area contributed by atoms with Crippen molar-refractivity contribution in [2.45, 2.75) is 37.5 Å². The van der Waals surface area contributed by atoms with E-state index in [-0.39, 0.29) is 5.79 Å². The summed E-state index contributed by atoms with van der Waals surface area (Å²) in [5.74, 6) is 0.482. The summed E-state index contributed by atoms with van der Waals surface area (Å²) >= 11 is 1.87. The van der Waals surface area contributed by atoms with Crippen LogP contribution in [0.1, 0.15) is 36.6 Å². The van der Waals surface area contributed by atoms with Crippen LogP contribution in [0.25, 0.3) is 0 Å². The minimum absolute atomic E-state index is 0.233. The highest BCUT2D eigenvalue weighted by atomic mass is 32.1. The first-order valence-corrected chi connectivity index (χ1v) is 8.06. The Morgan fingerprint density at radius 3 is 2.47 bits per heavy atom. The molecule has 1 atom stereocenters. The van der Waals surface area contributed by atoms with E-state index in [0.717, 1.165) is 26.1 Å². The van der Waals surface area contributed by atoms with Crippen LogP contribution in [0.3, 0.4) is 0 Å². The molecule has 1 aliphatic carbocycles. The van der Waals surface area contributed by atoms with Crippen molar-refractivity contribution in [1.29, 1.82) is 0 Å². The first-order chi connectivity index (χ1) is 9.20. The molecule has 19 heavy (non-hydrogen) atoms. The Kier molecular flexibility index (Phi) is 3.94. The van der Waals surface area contributed by atoms with Gasteiger partial charge in [-0.25, -0.2) is 0 Å². The Morgan fingerprint density at radius 1 is 1.26 bits per heavy atom. The van der Waals surface area contributed by atoms with Crippen molar-refractivity contribution in [1.82, 2.24) is 4.90 Å². The Balaban J connectivity index is 1.68. The molecule has 3 nitrogen and oxygen atoms in total. The largest absolute Gasteiger partial charge is 0.348 e. The molecule has 0 aromatic carbocycles. The molecule has 1 aromatic rings. The lowest BCUT2D eigenvalue weighted by Gasteiger charge is -2.40. The number of rotatable bonds is 3. The van der Waals surface area contributed by atoms with E-state index in [1.165, 1.54) is 17.7 Å². The Morgan fingerprint density at radius 2 is 1.95 bits per heavy atom. The summed E-state index contributed by atoms with van der Waals surface area (Å²) in [6, 6.07) is 4.96. The van der Waals surface area contributed by atoms with Crippen molar-refractivity contribution in [2.24, 2.45) is 5.92 Å². The van der Waals surface area contributed by atoms with Gasteiger partial charge in [-0.2, -0.15) is 0 Å². The van der Waals surface area contributed by atoms with E-state index < -0.39 is 0 Å². The number of hydrogen-bond acceptors (Lipinski definition) is 4. The molecule has 1 saturated carbocycles. The first-order valence-electron chi connectivity index (χ1n) is 7.18. The van der Waals surface area contributed by atoms with Crippen LogP contribution < -0.4 is 0 Å². The van der Waals surface area contributed by atoms with Gasteiger partial charge >= 0.3 is 0 Å². The monoisotopic (exact) mass is 281 g/mol. The van der Waals surface area contributed by atoms with Crippen LogP contribution in [0, 0.1) is 5.92 Å². The van der Waals surface area contributed by atoms with E-state index in [1.54, 1.807) is 0 Å². The van der Waals surface area contributed by atoms with Gasteiger partial charge in [0, 0.05) is 23.8 Å². The maximum Gasteiger partial charge on any atom is 0.168 e. The normalized spacial score (nSPS) is 25.2. The zero-order chi connectivity index (χ0) is 13.3. The quantitative estimate of drug-likeness (QED) is 0.848. The van der Waals surface area contributed by atoms with Gasteiger partial charge in [-0.15, -0.1) is 11.3 Å². The molecule has 1 aliphatic heterocycles. The van der Waals surface area contributed by atoms with Gasteiger partial charge in [-0.1, -0.05) is 6.07 Å². The first kappa shape index (κ1) is 13.6. The molecule has 1 spiro atoms. The fraction of sp³-hybridized carbons (Fsp3) is 0.733. The summed E-state index contributed by atoms with van der Waals surface area (Å²) in [5.41, 5.74) is 0. The average Bonchev–Trinajstić information content (AvgIpc) is 3.04. The van der Waals surface area contributed by atoms with Crippen molar-refractivity contribution in [2.75, 3.05) is 27.3 Å². The Labute approximate surface area is 119 Å². The van der Waals surface area contributed by atoms with E-state index >= 15 is 0 Å². The number of nitrogens with zero attached hydrogens (tertiary/aromatic N) is 1. The van der Waals surface area contributed by atoms with Crippen LogP contribution in [-0.2, 0) is 9.47 Å². The molecule has 1 saturated heterocycles. The highest BCUT2D eigenvalue weighted by Gasteiger charge is 2.42. The van der Waals surface area contributed by atoms with Crippen molar-refractivity contribution in [3.8, 4) is 0 Å². The van der Waals surface area contributed by atoms with Crippen LogP contribution in [0.5, 0.6) is 0 Å². The average molecular weight is 281 g/mol. The molecule has 2 aliphatic rings. The molecule has 0 radical (unpaired) electrons. The van der Waals surface area contributed by atoms with E-state index in [9.17, 15) is 0 Å². The lowest BCUT2D eigenvalue weighted by atomic mass is 9.80. The predicted octanol–water partition coefficient (Wildman–Crippen LogP) is 3.28. The van der Waals surface area contributed by atoms with Crippen molar-refractivity contribution in [3.05, 3.63) is 22.4 Å². The third-order valence-electron chi connectivity index (χ3n) is 4.44. The molecule has 3 rings (SSSR count). The Bertz CT molecular complexity index is 388.